The lowest BCUT2D eigenvalue weighted by Gasteiger charge is -2.36. The lowest BCUT2D eigenvalue weighted by Crippen LogP contribution is -2.33. The largest absolute Gasteiger partial charge is 0.330 e. The van der Waals surface area contributed by atoms with Crippen molar-refractivity contribution >= 4 is 0 Å². The second-order valence-corrected chi connectivity index (χ2v) is 4.51. The Morgan fingerprint density at radius 2 is 2.09 bits per heavy atom. The maximum atomic E-state index is 13.1. The minimum Gasteiger partial charge on any atom is -0.330 e. The Morgan fingerprint density at radius 1 is 1.45 bits per heavy atom. The van der Waals surface area contributed by atoms with Crippen molar-refractivity contribution in [3.05, 3.63) is 0 Å². The fourth-order valence-corrected chi connectivity index (χ4v) is 2.17. The second kappa shape index (κ2) is 3.10. The first-order valence-corrected chi connectivity index (χ1v) is 4.37. The van der Waals surface area contributed by atoms with Crippen LogP contribution in [0.1, 0.15) is 33.1 Å². The zero-order valence-corrected chi connectivity index (χ0v) is 7.44. The van der Waals surface area contributed by atoms with E-state index in [0.29, 0.717) is 25.3 Å². The average molecular weight is 159 g/mol. The molecule has 0 aromatic rings. The molecule has 0 heterocycles. The van der Waals surface area contributed by atoms with Crippen LogP contribution in [0, 0.1) is 11.3 Å². The molecular formula is C9H18FN. The maximum absolute atomic E-state index is 13.1. The Morgan fingerprint density at radius 3 is 2.55 bits per heavy atom. The van der Waals surface area contributed by atoms with Crippen molar-refractivity contribution in [3.63, 3.8) is 0 Å². The molecule has 1 aliphatic rings. The molecule has 0 aromatic heterocycles. The van der Waals surface area contributed by atoms with Gasteiger partial charge in [0, 0.05) is 0 Å². The second-order valence-electron chi connectivity index (χ2n) is 4.51. The van der Waals surface area contributed by atoms with E-state index in [2.05, 4.69) is 13.8 Å². The third-order valence-corrected chi connectivity index (χ3v) is 2.54. The van der Waals surface area contributed by atoms with Gasteiger partial charge in [-0.25, -0.2) is 4.39 Å². The highest BCUT2D eigenvalue weighted by atomic mass is 19.1. The number of hydrogen-bond acceptors (Lipinski definition) is 1. The van der Waals surface area contributed by atoms with Gasteiger partial charge in [0.1, 0.15) is 6.17 Å². The van der Waals surface area contributed by atoms with Gasteiger partial charge in [0.05, 0.1) is 0 Å². The molecular weight excluding hydrogens is 141 g/mol. The van der Waals surface area contributed by atoms with Gasteiger partial charge in [0.2, 0.25) is 0 Å². The lowest BCUT2D eigenvalue weighted by atomic mass is 9.71. The molecule has 0 aromatic carbocycles. The van der Waals surface area contributed by atoms with E-state index in [-0.39, 0.29) is 5.41 Å². The van der Waals surface area contributed by atoms with E-state index in [1.165, 1.54) is 0 Å². The van der Waals surface area contributed by atoms with Gasteiger partial charge in [-0.1, -0.05) is 13.8 Å². The summed E-state index contributed by atoms with van der Waals surface area (Å²) in [7, 11) is 0. The summed E-state index contributed by atoms with van der Waals surface area (Å²) in [5.74, 6) is 0.411. The minimum absolute atomic E-state index is 0.168. The van der Waals surface area contributed by atoms with Gasteiger partial charge < -0.3 is 5.73 Å². The van der Waals surface area contributed by atoms with Crippen LogP contribution in [0.4, 0.5) is 4.39 Å². The number of alkyl halides is 1. The summed E-state index contributed by atoms with van der Waals surface area (Å²) in [4.78, 5) is 0. The summed E-state index contributed by atoms with van der Waals surface area (Å²) < 4.78 is 13.1. The minimum atomic E-state index is -0.618. The zero-order chi connectivity index (χ0) is 8.48. The van der Waals surface area contributed by atoms with Gasteiger partial charge in [-0.3, -0.25) is 0 Å². The Kier molecular flexibility index (Phi) is 2.53. The molecule has 1 rings (SSSR count). The molecule has 66 valence electrons. The predicted octanol–water partition coefficient (Wildman–Crippen LogP) is 2.11. The van der Waals surface area contributed by atoms with Crippen LogP contribution in [0.25, 0.3) is 0 Å². The Labute approximate surface area is 68.2 Å². The molecule has 0 amide bonds. The van der Waals surface area contributed by atoms with E-state index in [9.17, 15) is 4.39 Å². The standard InChI is InChI=1S/C9H18FN/c1-9(2)4-7(6-11)3-8(10)5-9/h7-8H,3-6,11H2,1-2H3. The van der Waals surface area contributed by atoms with Gasteiger partial charge in [-0.2, -0.15) is 0 Å². The molecule has 0 spiro atoms. The highest BCUT2D eigenvalue weighted by Gasteiger charge is 2.33. The number of nitrogens with two attached hydrogens (primary N) is 1. The zero-order valence-electron chi connectivity index (χ0n) is 7.44. The molecule has 11 heavy (non-hydrogen) atoms. The molecule has 1 nitrogen and oxygen atoms in total. The predicted molar refractivity (Wildman–Crippen MR) is 45.1 cm³/mol. The van der Waals surface area contributed by atoms with Crippen molar-refractivity contribution in [3.8, 4) is 0 Å². The average Bonchev–Trinajstić information content (AvgIpc) is 1.83. The van der Waals surface area contributed by atoms with E-state index in [1.54, 1.807) is 0 Å². The van der Waals surface area contributed by atoms with Crippen LogP contribution in [0.3, 0.4) is 0 Å². The van der Waals surface area contributed by atoms with Crippen LogP contribution < -0.4 is 5.73 Å². The van der Waals surface area contributed by atoms with E-state index in [0.717, 1.165) is 6.42 Å². The molecule has 1 aliphatic carbocycles. The van der Waals surface area contributed by atoms with Crippen molar-refractivity contribution in [2.75, 3.05) is 6.54 Å². The smallest absolute Gasteiger partial charge is 0.101 e. The number of halogens is 1. The molecule has 0 saturated heterocycles. The normalized spacial score (nSPS) is 37.1. The van der Waals surface area contributed by atoms with Gasteiger partial charge in [-0.15, -0.1) is 0 Å². The van der Waals surface area contributed by atoms with Crippen molar-refractivity contribution < 1.29 is 4.39 Å². The van der Waals surface area contributed by atoms with Crippen LogP contribution >= 0.6 is 0 Å². The SMILES string of the molecule is CC1(C)CC(F)CC(CN)C1. The van der Waals surface area contributed by atoms with E-state index >= 15 is 0 Å². The third-order valence-electron chi connectivity index (χ3n) is 2.54. The highest BCUT2D eigenvalue weighted by Crippen LogP contribution is 2.39. The summed E-state index contributed by atoms with van der Waals surface area (Å²) in [6.07, 6.45) is 1.86. The first kappa shape index (κ1) is 8.98. The number of rotatable bonds is 1. The Bertz CT molecular complexity index is 134. The van der Waals surface area contributed by atoms with Gasteiger partial charge in [-0.05, 0) is 37.1 Å². The van der Waals surface area contributed by atoms with E-state index in [4.69, 9.17) is 5.73 Å². The molecule has 0 radical (unpaired) electrons. The molecule has 2 unspecified atom stereocenters. The summed E-state index contributed by atoms with van der Waals surface area (Å²) in [5, 5.41) is 0. The summed E-state index contributed by atoms with van der Waals surface area (Å²) in [6.45, 7) is 4.90. The summed E-state index contributed by atoms with van der Waals surface area (Å²) >= 11 is 0. The van der Waals surface area contributed by atoms with Crippen molar-refractivity contribution in [1.82, 2.24) is 0 Å². The fraction of sp³-hybridized carbons (Fsp3) is 1.00. The molecule has 0 aliphatic heterocycles. The van der Waals surface area contributed by atoms with Gasteiger partial charge in [0.25, 0.3) is 0 Å². The highest BCUT2D eigenvalue weighted by molar-refractivity contribution is 4.84. The van der Waals surface area contributed by atoms with Crippen LogP contribution in [-0.2, 0) is 0 Å². The topological polar surface area (TPSA) is 26.0 Å². The molecule has 1 fully saturated rings. The Balaban J connectivity index is 2.51. The summed E-state index contributed by atoms with van der Waals surface area (Å²) in [6, 6.07) is 0. The quantitative estimate of drug-likeness (QED) is 0.623. The van der Waals surface area contributed by atoms with E-state index < -0.39 is 6.17 Å². The molecule has 2 atom stereocenters. The molecule has 1 saturated carbocycles. The van der Waals surface area contributed by atoms with Crippen LogP contribution in [-0.4, -0.2) is 12.7 Å². The Hall–Kier alpha value is -0.110. The maximum Gasteiger partial charge on any atom is 0.101 e. The van der Waals surface area contributed by atoms with Crippen LogP contribution in [0.15, 0.2) is 0 Å². The van der Waals surface area contributed by atoms with Crippen molar-refractivity contribution in [2.45, 2.75) is 39.3 Å². The number of hydrogen-bond donors (Lipinski definition) is 1. The monoisotopic (exact) mass is 159 g/mol. The van der Waals surface area contributed by atoms with E-state index in [1.807, 2.05) is 0 Å². The first-order valence-electron chi connectivity index (χ1n) is 4.37. The summed E-state index contributed by atoms with van der Waals surface area (Å²) in [5.41, 5.74) is 5.69. The molecule has 0 bridgehead atoms. The van der Waals surface area contributed by atoms with Crippen molar-refractivity contribution in [1.29, 1.82) is 0 Å². The fourth-order valence-electron chi connectivity index (χ4n) is 2.17. The molecule has 2 heteroatoms. The van der Waals surface area contributed by atoms with Gasteiger partial charge >= 0.3 is 0 Å². The lowest BCUT2D eigenvalue weighted by molar-refractivity contribution is 0.0967. The van der Waals surface area contributed by atoms with Crippen LogP contribution in [0.5, 0.6) is 0 Å². The first-order chi connectivity index (χ1) is 5.03. The third kappa shape index (κ3) is 2.44. The van der Waals surface area contributed by atoms with Crippen LogP contribution in [0.2, 0.25) is 0 Å². The molecule has 2 N–H and O–H groups in total. The van der Waals surface area contributed by atoms with Gasteiger partial charge in [0.15, 0.2) is 0 Å². The van der Waals surface area contributed by atoms with Crippen molar-refractivity contribution in [2.24, 2.45) is 17.1 Å².